The number of carbonyl (C=O) groups is 2. The van der Waals surface area contributed by atoms with Crippen molar-refractivity contribution >= 4 is 18.6 Å². The van der Waals surface area contributed by atoms with Gasteiger partial charge in [0.2, 0.25) is 0 Å². The van der Waals surface area contributed by atoms with Crippen molar-refractivity contribution in [2.75, 3.05) is 19.7 Å². The normalized spacial score (nSPS) is 46.1. The molecular weight excluding hydrogens is 285 g/mol. The average molecular weight is 309 g/mol. The molecule has 0 amide bonds. The van der Waals surface area contributed by atoms with Crippen LogP contribution in [0.25, 0.3) is 0 Å². The maximum Gasteiger partial charge on any atom is 0.617 e. The zero-order chi connectivity index (χ0) is 15.6. The molecule has 4 rings (SSSR count). The Morgan fingerprint density at radius 2 is 1.68 bits per heavy atom. The van der Waals surface area contributed by atoms with E-state index in [2.05, 4.69) is 6.92 Å². The van der Waals surface area contributed by atoms with E-state index in [0.717, 1.165) is 12.8 Å². The summed E-state index contributed by atoms with van der Waals surface area (Å²) in [6.45, 7) is 2.95. The number of epoxide rings is 1. The van der Waals surface area contributed by atoms with E-state index in [9.17, 15) is 9.59 Å². The minimum absolute atomic E-state index is 0.180. The summed E-state index contributed by atoms with van der Waals surface area (Å²) in [7, 11) is 0. The first-order chi connectivity index (χ1) is 10.4. The molecule has 3 heterocycles. The van der Waals surface area contributed by atoms with Crippen molar-refractivity contribution in [2.45, 2.75) is 57.5 Å². The summed E-state index contributed by atoms with van der Waals surface area (Å²) in [4.78, 5) is 24.3. The van der Waals surface area contributed by atoms with Gasteiger partial charge < -0.3 is 18.4 Å². The molecule has 4 aliphatic rings. The van der Waals surface area contributed by atoms with Crippen molar-refractivity contribution < 1.29 is 28.0 Å². The first-order valence-electron chi connectivity index (χ1n) is 8.51. The van der Waals surface area contributed by atoms with Gasteiger partial charge in [-0.3, -0.25) is 9.59 Å². The second-order valence-electron chi connectivity index (χ2n) is 7.81. The van der Waals surface area contributed by atoms with Gasteiger partial charge in [-0.25, -0.2) is 0 Å². The van der Waals surface area contributed by atoms with Crippen LogP contribution in [-0.4, -0.2) is 54.3 Å². The Bertz CT molecular complexity index is 506. The minimum atomic E-state index is -2.09. The van der Waals surface area contributed by atoms with Crippen LogP contribution in [0.1, 0.15) is 46.0 Å². The van der Waals surface area contributed by atoms with E-state index < -0.39 is 12.2 Å². The number of ether oxygens (including phenoxy) is 1. The smallest absolute Gasteiger partial charge is 0.598 e. The topological polar surface area (TPSA) is 65.1 Å². The average Bonchev–Trinajstić information content (AvgIpc) is 3.08. The van der Waals surface area contributed by atoms with Crippen molar-refractivity contribution in [3.63, 3.8) is 0 Å². The summed E-state index contributed by atoms with van der Waals surface area (Å²) in [5, 5.41) is 0. The van der Waals surface area contributed by atoms with Gasteiger partial charge in [-0.15, -0.1) is 0 Å². The van der Waals surface area contributed by atoms with Crippen molar-refractivity contribution in [2.24, 2.45) is 5.92 Å². The van der Waals surface area contributed by atoms with Crippen LogP contribution < -0.4 is 0 Å². The fraction of sp³-hybridized carbons (Fsp3) is 0.867. The van der Waals surface area contributed by atoms with Crippen molar-refractivity contribution in [3.8, 4) is 0 Å². The summed E-state index contributed by atoms with van der Waals surface area (Å²) >= 11 is 0. The third-order valence-corrected chi connectivity index (χ3v) is 6.62. The molecule has 1 aliphatic carbocycles. The first kappa shape index (κ1) is 14.5. The molecule has 0 aromatic rings. The number of nitrogens with zero attached hydrogens (tertiary/aromatic N) is 1. The van der Waals surface area contributed by atoms with Crippen LogP contribution in [0.15, 0.2) is 0 Å². The van der Waals surface area contributed by atoms with Crippen molar-refractivity contribution in [1.82, 2.24) is 0 Å². The van der Waals surface area contributed by atoms with Crippen LogP contribution in [0.3, 0.4) is 0 Å². The van der Waals surface area contributed by atoms with Gasteiger partial charge in [0.1, 0.15) is 18.6 Å². The minimum Gasteiger partial charge on any atom is -0.598 e. The highest BCUT2D eigenvalue weighted by Gasteiger charge is 2.81. The number of hydrogen-bond donors (Lipinski definition) is 0. The third kappa shape index (κ3) is 1.69. The maximum absolute atomic E-state index is 12.2. The molecule has 7 heteroatoms. The van der Waals surface area contributed by atoms with Crippen molar-refractivity contribution in [1.29, 1.82) is 0 Å². The highest BCUT2D eigenvalue weighted by atomic mass is 16.7. The van der Waals surface area contributed by atoms with Crippen LogP contribution in [0.5, 0.6) is 0 Å². The SMILES string of the molecule is CC(C1CCCCC1)[N+]12CC(=O)O[B-]1(C1(C)CO1)OC(=O)C2. The van der Waals surface area contributed by atoms with Gasteiger partial charge in [0.05, 0.1) is 12.6 Å². The quantitative estimate of drug-likeness (QED) is 0.578. The van der Waals surface area contributed by atoms with E-state index in [0.29, 0.717) is 16.9 Å². The molecule has 0 N–H and O–H groups in total. The third-order valence-electron chi connectivity index (χ3n) is 6.62. The molecule has 2 unspecified atom stereocenters. The van der Waals surface area contributed by atoms with E-state index in [1.165, 1.54) is 19.3 Å². The molecular formula is C15H24BNO5. The molecule has 6 nitrogen and oxygen atoms in total. The molecule has 4 fully saturated rings. The van der Waals surface area contributed by atoms with Crippen LogP contribution in [0, 0.1) is 5.92 Å². The van der Waals surface area contributed by atoms with E-state index >= 15 is 0 Å². The number of fused-ring (bicyclic) bond motifs is 1. The van der Waals surface area contributed by atoms with E-state index in [4.69, 9.17) is 14.0 Å². The predicted octanol–water partition coefficient (Wildman–Crippen LogP) is 1.15. The summed E-state index contributed by atoms with van der Waals surface area (Å²) in [5.41, 5.74) is -0.638. The lowest BCUT2D eigenvalue weighted by Gasteiger charge is -2.52. The van der Waals surface area contributed by atoms with Crippen LogP contribution >= 0.6 is 0 Å². The lowest BCUT2D eigenvalue weighted by molar-refractivity contribution is -0.846. The van der Waals surface area contributed by atoms with Gasteiger partial charge in [-0.2, -0.15) is 0 Å². The van der Waals surface area contributed by atoms with Gasteiger partial charge >= 0.3 is 18.6 Å². The van der Waals surface area contributed by atoms with Crippen molar-refractivity contribution in [3.05, 3.63) is 0 Å². The van der Waals surface area contributed by atoms with Crippen LogP contribution in [0.2, 0.25) is 0 Å². The Hall–Kier alpha value is -1.08. The summed E-state index contributed by atoms with van der Waals surface area (Å²) in [6, 6.07) is 0.180. The Morgan fingerprint density at radius 3 is 2.18 bits per heavy atom. The first-order valence-corrected chi connectivity index (χ1v) is 8.51. The lowest BCUT2D eigenvalue weighted by Crippen LogP contribution is -2.74. The zero-order valence-electron chi connectivity index (χ0n) is 13.4. The second-order valence-corrected chi connectivity index (χ2v) is 7.81. The van der Waals surface area contributed by atoms with Gasteiger partial charge in [0, 0.05) is 5.92 Å². The Kier molecular flexibility index (Phi) is 2.95. The van der Waals surface area contributed by atoms with E-state index in [1.807, 2.05) is 6.92 Å². The van der Waals surface area contributed by atoms with Crippen LogP contribution in [0.4, 0.5) is 0 Å². The standard InChI is InChI=1S/C15H24BNO5/c1-11(12-6-4-3-5-7-12)17-8-13(18)21-16(17,15(2)10-20-15)22-14(19)9-17/h11-12H,3-10H2,1-2H3. The number of carbonyl (C=O) groups excluding carboxylic acids is 2. The monoisotopic (exact) mass is 309 g/mol. The maximum atomic E-state index is 12.2. The molecule has 1 saturated carbocycles. The number of rotatable bonds is 3. The summed E-state index contributed by atoms with van der Waals surface area (Å²) in [6.07, 6.45) is 6.06. The molecule has 0 radical (unpaired) electrons. The number of hydrogen-bond acceptors (Lipinski definition) is 5. The summed E-state index contributed by atoms with van der Waals surface area (Å²) in [5.74, 6) is 0.000110. The molecule has 22 heavy (non-hydrogen) atoms. The Balaban J connectivity index is 1.75. The molecule has 0 bridgehead atoms. The fourth-order valence-corrected chi connectivity index (χ4v) is 5.19. The molecule has 122 valence electrons. The summed E-state index contributed by atoms with van der Waals surface area (Å²) < 4.78 is 17.4. The van der Waals surface area contributed by atoms with E-state index in [1.54, 1.807) is 0 Å². The fourth-order valence-electron chi connectivity index (χ4n) is 5.19. The molecule has 3 aliphatic heterocycles. The molecule has 0 aromatic heterocycles. The van der Waals surface area contributed by atoms with E-state index in [-0.39, 0.29) is 31.1 Å². The highest BCUT2D eigenvalue weighted by molar-refractivity contribution is 6.69. The Morgan fingerprint density at radius 1 is 1.14 bits per heavy atom. The molecule has 2 atom stereocenters. The predicted molar refractivity (Wildman–Crippen MR) is 78.3 cm³/mol. The Labute approximate surface area is 130 Å². The van der Waals surface area contributed by atoms with Crippen LogP contribution in [-0.2, 0) is 23.6 Å². The number of quaternary nitrogens is 1. The largest absolute Gasteiger partial charge is 0.617 e. The van der Waals surface area contributed by atoms with Gasteiger partial charge in [0.25, 0.3) is 0 Å². The second kappa shape index (κ2) is 4.48. The van der Waals surface area contributed by atoms with Gasteiger partial charge in [-0.05, 0) is 19.8 Å². The molecule has 0 aromatic carbocycles. The molecule has 0 spiro atoms. The zero-order valence-corrected chi connectivity index (χ0v) is 13.4. The highest BCUT2D eigenvalue weighted by Crippen LogP contribution is 2.52. The van der Waals surface area contributed by atoms with Gasteiger partial charge in [-0.1, -0.05) is 26.2 Å². The lowest BCUT2D eigenvalue weighted by atomic mass is 9.54. The van der Waals surface area contributed by atoms with Gasteiger partial charge in [0.15, 0.2) is 0 Å². The molecule has 3 saturated heterocycles.